The molecule has 0 unspecified atom stereocenters. The monoisotopic (exact) mass is 294 g/mol. The maximum Gasteiger partial charge on any atom is 0.174 e. The van der Waals surface area contributed by atoms with E-state index in [1.807, 2.05) is 11.3 Å². The minimum absolute atomic E-state index is 0.423. The van der Waals surface area contributed by atoms with Crippen LogP contribution in [0.5, 0.6) is 5.06 Å². The summed E-state index contributed by atoms with van der Waals surface area (Å²) in [5.41, 5.74) is 1.50. The lowest BCUT2D eigenvalue weighted by molar-refractivity contribution is 0.0969. The molecule has 0 saturated carbocycles. The fourth-order valence-electron chi connectivity index (χ4n) is 3.17. The zero-order valence-corrected chi connectivity index (χ0v) is 13.5. The summed E-state index contributed by atoms with van der Waals surface area (Å²) in [7, 11) is 0. The van der Waals surface area contributed by atoms with E-state index in [-0.39, 0.29) is 0 Å². The van der Waals surface area contributed by atoms with Gasteiger partial charge < -0.3 is 15.0 Å². The first-order valence-electron chi connectivity index (χ1n) is 7.92. The van der Waals surface area contributed by atoms with Crippen molar-refractivity contribution in [2.24, 2.45) is 5.92 Å². The van der Waals surface area contributed by atoms with Crippen LogP contribution in [0.3, 0.4) is 0 Å². The highest BCUT2D eigenvalue weighted by atomic mass is 32.1. The highest BCUT2D eigenvalue weighted by molar-refractivity contribution is 7.14. The van der Waals surface area contributed by atoms with Crippen LogP contribution in [-0.4, -0.2) is 37.2 Å². The van der Waals surface area contributed by atoms with Crippen LogP contribution >= 0.6 is 11.3 Å². The van der Waals surface area contributed by atoms with Crippen molar-refractivity contribution in [3.8, 4) is 5.06 Å². The lowest BCUT2D eigenvalue weighted by atomic mass is 10.1. The molecule has 0 aliphatic carbocycles. The number of thiophene rings is 1. The molecular formula is C16H26N2OS. The second-order valence-corrected chi connectivity index (χ2v) is 7.55. The van der Waals surface area contributed by atoms with Gasteiger partial charge in [-0.2, -0.15) is 0 Å². The average Bonchev–Trinajstić information content (AvgIpc) is 2.82. The molecule has 3 nitrogen and oxygen atoms in total. The lowest BCUT2D eigenvalue weighted by Crippen LogP contribution is -2.39. The molecule has 4 heteroatoms. The highest BCUT2D eigenvalue weighted by Gasteiger charge is 2.22. The van der Waals surface area contributed by atoms with E-state index in [0.717, 1.165) is 30.5 Å². The summed E-state index contributed by atoms with van der Waals surface area (Å²) in [5, 5.41) is 4.57. The molecule has 0 atom stereocenters. The van der Waals surface area contributed by atoms with Gasteiger partial charge >= 0.3 is 0 Å². The largest absolute Gasteiger partial charge is 0.481 e. The van der Waals surface area contributed by atoms with Gasteiger partial charge in [0, 0.05) is 31.1 Å². The van der Waals surface area contributed by atoms with Gasteiger partial charge in [-0.05, 0) is 43.4 Å². The van der Waals surface area contributed by atoms with Gasteiger partial charge in [0.15, 0.2) is 5.06 Å². The van der Waals surface area contributed by atoms with Crippen molar-refractivity contribution >= 4 is 11.3 Å². The second kappa shape index (κ2) is 6.46. The Bertz CT molecular complexity index is 412. The quantitative estimate of drug-likeness (QED) is 0.924. The Morgan fingerprint density at radius 2 is 2.20 bits per heavy atom. The van der Waals surface area contributed by atoms with Gasteiger partial charge in [0.05, 0.1) is 0 Å². The van der Waals surface area contributed by atoms with Crippen molar-refractivity contribution < 1.29 is 4.74 Å². The molecule has 0 spiro atoms. The zero-order chi connectivity index (χ0) is 13.9. The summed E-state index contributed by atoms with van der Waals surface area (Å²) < 4.78 is 6.23. The number of hydrogen-bond donors (Lipinski definition) is 1. The Balaban J connectivity index is 1.51. The highest BCUT2D eigenvalue weighted by Crippen LogP contribution is 2.33. The Morgan fingerprint density at radius 1 is 1.40 bits per heavy atom. The minimum atomic E-state index is 0.423. The molecule has 2 aliphatic rings. The summed E-state index contributed by atoms with van der Waals surface area (Å²) >= 11 is 1.84. The van der Waals surface area contributed by atoms with Gasteiger partial charge in [0.1, 0.15) is 6.10 Å². The summed E-state index contributed by atoms with van der Waals surface area (Å²) in [6.45, 7) is 10.3. The molecule has 112 valence electrons. The van der Waals surface area contributed by atoms with Gasteiger partial charge in [0.2, 0.25) is 0 Å². The Kier molecular flexibility index (Phi) is 4.64. The third-order valence-corrected chi connectivity index (χ3v) is 5.24. The topological polar surface area (TPSA) is 24.5 Å². The molecule has 1 aromatic rings. The molecule has 3 heterocycles. The molecule has 2 aliphatic heterocycles. The molecule has 0 amide bonds. The molecular weight excluding hydrogens is 268 g/mol. The Morgan fingerprint density at radius 3 is 2.90 bits per heavy atom. The van der Waals surface area contributed by atoms with Gasteiger partial charge in [-0.15, -0.1) is 11.3 Å². The molecule has 0 bridgehead atoms. The normalized spacial score (nSPS) is 21.1. The van der Waals surface area contributed by atoms with Crippen LogP contribution in [0.1, 0.15) is 37.1 Å². The van der Waals surface area contributed by atoms with Crippen LogP contribution in [-0.2, 0) is 13.0 Å². The summed E-state index contributed by atoms with van der Waals surface area (Å²) in [5.74, 6) is 0.768. The minimum Gasteiger partial charge on any atom is -0.481 e. The fraction of sp³-hybridized carbons (Fsp3) is 0.750. The first-order chi connectivity index (χ1) is 9.70. The summed E-state index contributed by atoms with van der Waals surface area (Å²) in [6.07, 6.45) is 3.93. The van der Waals surface area contributed by atoms with Crippen molar-refractivity contribution in [2.45, 2.75) is 45.8 Å². The number of fused-ring (bicyclic) bond motifs is 1. The third kappa shape index (κ3) is 3.54. The van der Waals surface area contributed by atoms with Crippen molar-refractivity contribution in [1.82, 2.24) is 10.2 Å². The molecule has 1 fully saturated rings. The number of nitrogens with zero attached hydrogens (tertiary/aromatic N) is 1. The number of ether oxygens (including phenoxy) is 1. The third-order valence-electron chi connectivity index (χ3n) is 4.17. The van der Waals surface area contributed by atoms with E-state index in [1.54, 1.807) is 0 Å². The number of nitrogens with one attached hydrogen (secondary N) is 1. The van der Waals surface area contributed by atoms with Gasteiger partial charge in [0.25, 0.3) is 0 Å². The lowest BCUT2D eigenvalue weighted by Gasteiger charge is -2.32. The average molecular weight is 294 g/mol. The number of piperidine rings is 1. The van der Waals surface area contributed by atoms with Crippen molar-refractivity contribution in [1.29, 1.82) is 0 Å². The van der Waals surface area contributed by atoms with Crippen LogP contribution in [0.15, 0.2) is 6.07 Å². The maximum absolute atomic E-state index is 6.23. The molecule has 1 N–H and O–H groups in total. The predicted molar refractivity (Wildman–Crippen MR) is 84.7 cm³/mol. The smallest absolute Gasteiger partial charge is 0.174 e. The van der Waals surface area contributed by atoms with E-state index in [9.17, 15) is 0 Å². The molecule has 20 heavy (non-hydrogen) atoms. The van der Waals surface area contributed by atoms with E-state index in [2.05, 4.69) is 30.1 Å². The van der Waals surface area contributed by atoms with E-state index >= 15 is 0 Å². The zero-order valence-electron chi connectivity index (χ0n) is 12.7. The van der Waals surface area contributed by atoms with Gasteiger partial charge in [-0.1, -0.05) is 13.8 Å². The van der Waals surface area contributed by atoms with E-state index in [4.69, 9.17) is 4.74 Å². The van der Waals surface area contributed by atoms with Gasteiger partial charge in [-0.25, -0.2) is 0 Å². The van der Waals surface area contributed by atoms with Crippen molar-refractivity contribution in [2.75, 3.05) is 26.2 Å². The molecule has 1 aromatic heterocycles. The first-order valence-corrected chi connectivity index (χ1v) is 8.73. The van der Waals surface area contributed by atoms with E-state index in [1.165, 1.54) is 42.9 Å². The SMILES string of the molecule is CC(C)CN1CCC(Oc2cc3c(s2)CNCC3)CC1. The van der Waals surface area contributed by atoms with Crippen LogP contribution in [0.2, 0.25) is 0 Å². The Hall–Kier alpha value is -0.580. The number of rotatable bonds is 4. The first kappa shape index (κ1) is 14.4. The predicted octanol–water partition coefficient (Wildman–Crippen LogP) is 2.89. The molecule has 0 radical (unpaired) electrons. The molecule has 0 aromatic carbocycles. The van der Waals surface area contributed by atoms with E-state index in [0.29, 0.717) is 6.10 Å². The standard InChI is InChI=1S/C16H26N2OS/c1-12(2)11-18-7-4-14(5-8-18)19-16-9-13-3-6-17-10-15(13)20-16/h9,12,14,17H,3-8,10-11H2,1-2H3. The molecule has 3 rings (SSSR count). The molecule has 1 saturated heterocycles. The van der Waals surface area contributed by atoms with Crippen LogP contribution < -0.4 is 10.1 Å². The van der Waals surface area contributed by atoms with Crippen LogP contribution in [0.25, 0.3) is 0 Å². The number of likely N-dealkylation sites (tertiary alicyclic amines) is 1. The Labute approximate surface area is 126 Å². The van der Waals surface area contributed by atoms with Crippen molar-refractivity contribution in [3.63, 3.8) is 0 Å². The summed E-state index contributed by atoms with van der Waals surface area (Å²) in [4.78, 5) is 4.05. The van der Waals surface area contributed by atoms with Gasteiger partial charge in [-0.3, -0.25) is 0 Å². The van der Waals surface area contributed by atoms with Crippen LogP contribution in [0.4, 0.5) is 0 Å². The van der Waals surface area contributed by atoms with Crippen molar-refractivity contribution in [3.05, 3.63) is 16.5 Å². The fourth-order valence-corrected chi connectivity index (χ4v) is 4.27. The second-order valence-electron chi connectivity index (χ2n) is 6.45. The summed E-state index contributed by atoms with van der Waals surface area (Å²) in [6, 6.07) is 2.28. The van der Waals surface area contributed by atoms with E-state index < -0.39 is 0 Å². The maximum atomic E-state index is 6.23. The number of hydrogen-bond acceptors (Lipinski definition) is 4. The van der Waals surface area contributed by atoms with Crippen LogP contribution in [0, 0.1) is 5.92 Å².